The highest BCUT2D eigenvalue weighted by Crippen LogP contribution is 2.15. The largest absolute Gasteiger partial charge is 0.313 e. The monoisotopic (exact) mass is 298 g/mol. The molecule has 0 aliphatic rings. The van der Waals surface area contributed by atoms with Crippen LogP contribution >= 0.6 is 0 Å². The van der Waals surface area contributed by atoms with Gasteiger partial charge in [-0.05, 0) is 36.9 Å². The number of benzene rings is 1. The standard InChI is InChI=1S/C15H26N2O2S/c1-4-16-12-14-9-5-6-10-15(14)20(18,19)17-11-7-8-13(2)3/h5-6,9-10,13,16-17H,4,7-8,11-12H2,1-3H3. The van der Waals surface area contributed by atoms with Crippen LogP contribution in [0.3, 0.4) is 0 Å². The maximum Gasteiger partial charge on any atom is 0.240 e. The lowest BCUT2D eigenvalue weighted by Crippen LogP contribution is -2.27. The number of hydrogen-bond donors (Lipinski definition) is 2. The molecule has 114 valence electrons. The summed E-state index contributed by atoms with van der Waals surface area (Å²) in [7, 11) is -3.41. The third kappa shape index (κ3) is 5.61. The van der Waals surface area contributed by atoms with E-state index in [0.29, 0.717) is 23.9 Å². The van der Waals surface area contributed by atoms with Gasteiger partial charge in [-0.2, -0.15) is 0 Å². The first-order valence-corrected chi connectivity index (χ1v) is 8.74. The lowest BCUT2D eigenvalue weighted by molar-refractivity contribution is 0.539. The fraction of sp³-hybridized carbons (Fsp3) is 0.600. The highest BCUT2D eigenvalue weighted by Gasteiger charge is 2.17. The van der Waals surface area contributed by atoms with Crippen LogP contribution in [0.1, 0.15) is 39.2 Å². The molecule has 2 N–H and O–H groups in total. The van der Waals surface area contributed by atoms with E-state index < -0.39 is 10.0 Å². The maximum atomic E-state index is 12.3. The van der Waals surface area contributed by atoms with Crippen molar-refractivity contribution in [1.29, 1.82) is 0 Å². The summed E-state index contributed by atoms with van der Waals surface area (Å²) in [6.45, 7) is 8.16. The van der Waals surface area contributed by atoms with Crippen molar-refractivity contribution in [3.63, 3.8) is 0 Å². The summed E-state index contributed by atoms with van der Waals surface area (Å²) in [6.07, 6.45) is 1.90. The van der Waals surface area contributed by atoms with E-state index in [0.717, 1.165) is 24.9 Å². The minimum absolute atomic E-state index is 0.380. The van der Waals surface area contributed by atoms with Crippen molar-refractivity contribution < 1.29 is 8.42 Å². The highest BCUT2D eigenvalue weighted by molar-refractivity contribution is 7.89. The summed E-state index contributed by atoms with van der Waals surface area (Å²) in [4.78, 5) is 0.380. The molecule has 5 heteroatoms. The molecule has 0 amide bonds. The minimum Gasteiger partial charge on any atom is -0.313 e. The van der Waals surface area contributed by atoms with Gasteiger partial charge in [-0.3, -0.25) is 0 Å². The number of sulfonamides is 1. The molecule has 1 aromatic rings. The average Bonchev–Trinajstić information content (AvgIpc) is 2.41. The zero-order valence-corrected chi connectivity index (χ0v) is 13.5. The molecular formula is C15H26N2O2S. The molecule has 0 aromatic heterocycles. The second-order valence-corrected chi connectivity index (χ2v) is 7.06. The molecule has 0 fully saturated rings. The predicted octanol–water partition coefficient (Wildman–Crippen LogP) is 2.51. The number of rotatable bonds is 9. The molecule has 0 bridgehead atoms. The van der Waals surface area contributed by atoms with Crippen LogP contribution in [0.4, 0.5) is 0 Å². The van der Waals surface area contributed by atoms with Crippen molar-refractivity contribution in [2.24, 2.45) is 5.92 Å². The van der Waals surface area contributed by atoms with Crippen molar-refractivity contribution in [1.82, 2.24) is 10.0 Å². The molecule has 4 nitrogen and oxygen atoms in total. The van der Waals surface area contributed by atoms with E-state index in [1.807, 2.05) is 19.1 Å². The van der Waals surface area contributed by atoms with E-state index in [9.17, 15) is 8.42 Å². The van der Waals surface area contributed by atoms with Gasteiger partial charge in [0.15, 0.2) is 0 Å². The lowest BCUT2D eigenvalue weighted by atomic mass is 10.1. The van der Waals surface area contributed by atoms with Gasteiger partial charge in [0.2, 0.25) is 10.0 Å². The van der Waals surface area contributed by atoms with Crippen LogP contribution in [0.5, 0.6) is 0 Å². The minimum atomic E-state index is -3.41. The summed E-state index contributed by atoms with van der Waals surface area (Å²) >= 11 is 0. The Morgan fingerprint density at radius 1 is 1.20 bits per heavy atom. The Bertz CT molecular complexity index is 498. The van der Waals surface area contributed by atoms with E-state index in [-0.39, 0.29) is 0 Å². The maximum absolute atomic E-state index is 12.3. The zero-order chi connectivity index (χ0) is 15.0. The molecule has 0 atom stereocenters. The van der Waals surface area contributed by atoms with Crippen LogP contribution in [-0.4, -0.2) is 21.5 Å². The van der Waals surface area contributed by atoms with E-state index in [1.54, 1.807) is 12.1 Å². The molecular weight excluding hydrogens is 272 g/mol. The lowest BCUT2D eigenvalue weighted by Gasteiger charge is -2.12. The highest BCUT2D eigenvalue weighted by atomic mass is 32.2. The van der Waals surface area contributed by atoms with Crippen molar-refractivity contribution in [3.05, 3.63) is 29.8 Å². The fourth-order valence-corrected chi connectivity index (χ4v) is 3.28. The van der Waals surface area contributed by atoms with Crippen LogP contribution in [0.25, 0.3) is 0 Å². The van der Waals surface area contributed by atoms with Gasteiger partial charge in [-0.1, -0.05) is 39.0 Å². The van der Waals surface area contributed by atoms with Gasteiger partial charge < -0.3 is 5.32 Å². The van der Waals surface area contributed by atoms with E-state index in [4.69, 9.17) is 0 Å². The Hall–Kier alpha value is -0.910. The van der Waals surface area contributed by atoms with Crippen LogP contribution in [0.2, 0.25) is 0 Å². The van der Waals surface area contributed by atoms with E-state index >= 15 is 0 Å². The number of hydrogen-bond acceptors (Lipinski definition) is 3. The third-order valence-electron chi connectivity index (χ3n) is 3.08. The molecule has 0 saturated heterocycles. The first-order valence-electron chi connectivity index (χ1n) is 7.25. The average molecular weight is 298 g/mol. The normalized spacial score (nSPS) is 12.0. The second kappa shape index (κ2) is 8.39. The van der Waals surface area contributed by atoms with E-state index in [2.05, 4.69) is 23.9 Å². The molecule has 0 aliphatic carbocycles. The molecule has 20 heavy (non-hydrogen) atoms. The van der Waals surface area contributed by atoms with Gasteiger partial charge in [0, 0.05) is 13.1 Å². The molecule has 0 saturated carbocycles. The molecule has 0 radical (unpaired) electrons. The van der Waals surface area contributed by atoms with Crippen LogP contribution < -0.4 is 10.0 Å². The Morgan fingerprint density at radius 2 is 1.90 bits per heavy atom. The van der Waals surface area contributed by atoms with E-state index in [1.165, 1.54) is 0 Å². The van der Waals surface area contributed by atoms with Crippen molar-refractivity contribution in [3.8, 4) is 0 Å². The summed E-state index contributed by atoms with van der Waals surface area (Å²) in [5.41, 5.74) is 0.811. The molecule has 1 rings (SSSR count). The molecule has 0 unspecified atom stereocenters. The van der Waals surface area contributed by atoms with Crippen LogP contribution in [-0.2, 0) is 16.6 Å². The smallest absolute Gasteiger partial charge is 0.240 e. The quantitative estimate of drug-likeness (QED) is 0.689. The van der Waals surface area contributed by atoms with Crippen LogP contribution in [0, 0.1) is 5.92 Å². The molecule has 0 spiro atoms. The van der Waals surface area contributed by atoms with Crippen molar-refractivity contribution >= 4 is 10.0 Å². The fourth-order valence-electron chi connectivity index (χ4n) is 1.97. The SMILES string of the molecule is CCNCc1ccccc1S(=O)(=O)NCCCC(C)C. The Labute approximate surface area is 123 Å². The van der Waals surface area contributed by atoms with Crippen LogP contribution in [0.15, 0.2) is 29.2 Å². The van der Waals surface area contributed by atoms with Gasteiger partial charge >= 0.3 is 0 Å². The summed E-state index contributed by atoms with van der Waals surface area (Å²) in [5.74, 6) is 0.598. The third-order valence-corrected chi connectivity index (χ3v) is 4.64. The Balaban J connectivity index is 2.71. The molecule has 0 heterocycles. The zero-order valence-electron chi connectivity index (χ0n) is 12.6. The summed E-state index contributed by atoms with van der Waals surface area (Å²) in [5, 5.41) is 3.17. The molecule has 1 aromatic carbocycles. The molecule has 0 aliphatic heterocycles. The first-order chi connectivity index (χ1) is 9.47. The van der Waals surface area contributed by atoms with Gasteiger partial charge in [0.05, 0.1) is 4.90 Å². The van der Waals surface area contributed by atoms with Crippen molar-refractivity contribution in [2.45, 2.75) is 45.1 Å². The Kier molecular flexibility index (Phi) is 7.19. The topological polar surface area (TPSA) is 58.2 Å². The first kappa shape index (κ1) is 17.1. The Morgan fingerprint density at radius 3 is 2.55 bits per heavy atom. The second-order valence-electron chi connectivity index (χ2n) is 5.32. The van der Waals surface area contributed by atoms with Gasteiger partial charge in [-0.25, -0.2) is 13.1 Å². The predicted molar refractivity (Wildman–Crippen MR) is 83.1 cm³/mol. The van der Waals surface area contributed by atoms with Gasteiger partial charge in [0.25, 0.3) is 0 Å². The van der Waals surface area contributed by atoms with Gasteiger partial charge in [0.1, 0.15) is 0 Å². The summed E-state index contributed by atoms with van der Waals surface area (Å²) in [6, 6.07) is 7.14. The summed E-state index contributed by atoms with van der Waals surface area (Å²) < 4.78 is 27.3. The number of nitrogens with one attached hydrogen (secondary N) is 2. The van der Waals surface area contributed by atoms with Crippen molar-refractivity contribution in [2.75, 3.05) is 13.1 Å². The van der Waals surface area contributed by atoms with Gasteiger partial charge in [-0.15, -0.1) is 0 Å².